The van der Waals surface area contributed by atoms with Gasteiger partial charge in [0.25, 0.3) is 0 Å². The van der Waals surface area contributed by atoms with Crippen molar-refractivity contribution >= 4 is 27.5 Å². The van der Waals surface area contributed by atoms with E-state index in [9.17, 15) is 18.0 Å². The largest absolute Gasteiger partial charge is 0.418 e. The van der Waals surface area contributed by atoms with Crippen LogP contribution in [0.2, 0.25) is 0 Å². The van der Waals surface area contributed by atoms with Gasteiger partial charge in [-0.05, 0) is 23.6 Å². The highest BCUT2D eigenvalue weighted by Crippen LogP contribution is 2.36. The van der Waals surface area contributed by atoms with Crippen molar-refractivity contribution in [3.05, 3.63) is 28.2 Å². The highest BCUT2D eigenvalue weighted by Gasteiger charge is 2.34. The molecule has 0 aliphatic heterocycles. The maximum absolute atomic E-state index is 12.9. The van der Waals surface area contributed by atoms with Gasteiger partial charge in [-0.1, -0.05) is 36.7 Å². The van der Waals surface area contributed by atoms with Crippen LogP contribution in [-0.2, 0) is 11.0 Å². The predicted octanol–water partition coefficient (Wildman–Crippen LogP) is 4.17. The number of anilines is 1. The summed E-state index contributed by atoms with van der Waals surface area (Å²) in [5.74, 6) is -0.537. The molecule has 0 aliphatic carbocycles. The molecule has 0 bridgehead atoms. The molecule has 1 amide bonds. The lowest BCUT2D eigenvalue weighted by Crippen LogP contribution is -2.38. The van der Waals surface area contributed by atoms with Crippen molar-refractivity contribution in [2.45, 2.75) is 39.4 Å². The molecule has 1 unspecified atom stereocenters. The van der Waals surface area contributed by atoms with Gasteiger partial charge in [-0.15, -0.1) is 0 Å². The topological polar surface area (TPSA) is 55.1 Å². The third-order valence-corrected chi connectivity index (χ3v) is 3.57. The average molecular weight is 367 g/mol. The van der Waals surface area contributed by atoms with Crippen LogP contribution in [0.5, 0.6) is 0 Å². The quantitative estimate of drug-likeness (QED) is 0.843. The van der Waals surface area contributed by atoms with Crippen LogP contribution < -0.4 is 11.1 Å². The van der Waals surface area contributed by atoms with E-state index in [1.807, 2.05) is 20.8 Å². The first kappa shape index (κ1) is 18.0. The minimum atomic E-state index is -4.54. The molecule has 1 aromatic rings. The molecule has 1 rings (SSSR count). The molecule has 0 aliphatic rings. The van der Waals surface area contributed by atoms with Gasteiger partial charge in [0.15, 0.2) is 0 Å². The molecule has 1 atom stereocenters. The van der Waals surface area contributed by atoms with E-state index in [0.717, 1.165) is 6.07 Å². The Bertz CT molecular complexity index is 524. The van der Waals surface area contributed by atoms with E-state index in [4.69, 9.17) is 5.73 Å². The Labute approximate surface area is 130 Å². The summed E-state index contributed by atoms with van der Waals surface area (Å²) in [6, 6.07) is 3.14. The summed E-state index contributed by atoms with van der Waals surface area (Å²) < 4.78 is 39.1. The Morgan fingerprint density at radius 2 is 1.90 bits per heavy atom. The van der Waals surface area contributed by atoms with Crippen LogP contribution >= 0.6 is 15.9 Å². The molecular formula is C14H18BrF3N2O. The first-order valence-corrected chi connectivity index (χ1v) is 7.12. The number of hydrogen-bond acceptors (Lipinski definition) is 2. The molecule has 7 heteroatoms. The standard InChI is InChI=1S/C14H18BrF3N2O/c1-13(2,3)11(19)7-12(21)20-10-5-4-8(15)6-9(10)14(16,17)18/h4-6,11H,7,19H2,1-3H3,(H,20,21). The molecule has 3 nitrogen and oxygen atoms in total. The zero-order valence-corrected chi connectivity index (χ0v) is 13.6. The number of rotatable bonds is 3. The zero-order chi connectivity index (χ0) is 16.4. The van der Waals surface area contributed by atoms with Crippen molar-refractivity contribution in [1.82, 2.24) is 0 Å². The summed E-state index contributed by atoms with van der Waals surface area (Å²) in [6.07, 6.45) is -4.59. The van der Waals surface area contributed by atoms with Gasteiger partial charge in [-0.2, -0.15) is 13.2 Å². The molecule has 0 radical (unpaired) electrons. The molecule has 1 aromatic carbocycles. The van der Waals surface area contributed by atoms with Gasteiger partial charge in [-0.3, -0.25) is 4.79 Å². The molecule has 0 heterocycles. The van der Waals surface area contributed by atoms with Crippen LogP contribution in [0.3, 0.4) is 0 Å². The third-order valence-electron chi connectivity index (χ3n) is 3.08. The number of nitrogens with one attached hydrogen (secondary N) is 1. The lowest BCUT2D eigenvalue weighted by molar-refractivity contribution is -0.137. The molecular weight excluding hydrogens is 349 g/mol. The van der Waals surface area contributed by atoms with Crippen LogP contribution in [-0.4, -0.2) is 11.9 Å². The van der Waals surface area contributed by atoms with Gasteiger partial charge in [0.1, 0.15) is 0 Å². The monoisotopic (exact) mass is 366 g/mol. The third kappa shape index (κ3) is 5.32. The molecule has 0 spiro atoms. The highest BCUT2D eigenvalue weighted by molar-refractivity contribution is 9.10. The number of carbonyl (C=O) groups excluding carboxylic acids is 1. The van der Waals surface area contributed by atoms with Crippen molar-refractivity contribution in [3.63, 3.8) is 0 Å². The number of halogens is 4. The Balaban J connectivity index is 2.91. The lowest BCUT2D eigenvalue weighted by Gasteiger charge is -2.26. The van der Waals surface area contributed by atoms with Crippen LogP contribution in [0.25, 0.3) is 0 Å². The van der Waals surface area contributed by atoms with Gasteiger partial charge in [-0.25, -0.2) is 0 Å². The van der Waals surface area contributed by atoms with Gasteiger partial charge < -0.3 is 11.1 Å². The van der Waals surface area contributed by atoms with Crippen molar-refractivity contribution in [1.29, 1.82) is 0 Å². The predicted molar refractivity (Wildman–Crippen MR) is 79.8 cm³/mol. The van der Waals surface area contributed by atoms with E-state index >= 15 is 0 Å². The fourth-order valence-corrected chi connectivity index (χ4v) is 1.93. The second kappa shape index (κ2) is 6.36. The second-order valence-corrected chi connectivity index (χ2v) is 6.83. The SMILES string of the molecule is CC(C)(C)C(N)CC(=O)Nc1ccc(Br)cc1C(F)(F)F. The average Bonchev–Trinajstić information content (AvgIpc) is 2.28. The molecule has 0 saturated heterocycles. The Morgan fingerprint density at radius 3 is 2.38 bits per heavy atom. The summed E-state index contributed by atoms with van der Waals surface area (Å²) in [5, 5.41) is 2.29. The molecule has 0 saturated carbocycles. The number of amides is 1. The van der Waals surface area contributed by atoms with E-state index in [1.54, 1.807) is 0 Å². The summed E-state index contributed by atoms with van der Waals surface area (Å²) >= 11 is 2.99. The maximum atomic E-state index is 12.9. The number of nitrogens with two attached hydrogens (primary N) is 1. The number of hydrogen-bond donors (Lipinski definition) is 2. The molecule has 118 valence electrons. The molecule has 3 N–H and O–H groups in total. The first-order valence-electron chi connectivity index (χ1n) is 6.33. The molecule has 0 fully saturated rings. The van der Waals surface area contributed by atoms with E-state index in [1.165, 1.54) is 12.1 Å². The number of alkyl halides is 3. The Kier molecular flexibility index (Phi) is 5.44. The number of benzene rings is 1. The van der Waals surface area contributed by atoms with Crippen molar-refractivity contribution in [2.75, 3.05) is 5.32 Å². The van der Waals surface area contributed by atoms with E-state index in [0.29, 0.717) is 4.47 Å². The van der Waals surface area contributed by atoms with Crippen molar-refractivity contribution < 1.29 is 18.0 Å². The van der Waals surface area contributed by atoms with Crippen molar-refractivity contribution in [3.8, 4) is 0 Å². The normalized spacial score (nSPS) is 13.9. The second-order valence-electron chi connectivity index (χ2n) is 5.91. The minimum absolute atomic E-state index is 0.0448. The van der Waals surface area contributed by atoms with Gasteiger partial charge >= 0.3 is 6.18 Å². The van der Waals surface area contributed by atoms with Crippen LogP contribution in [0.1, 0.15) is 32.8 Å². The summed E-state index contributed by atoms with van der Waals surface area (Å²) in [4.78, 5) is 11.9. The molecule has 21 heavy (non-hydrogen) atoms. The highest BCUT2D eigenvalue weighted by atomic mass is 79.9. The number of carbonyl (C=O) groups is 1. The van der Waals surface area contributed by atoms with Crippen molar-refractivity contribution in [2.24, 2.45) is 11.1 Å². The van der Waals surface area contributed by atoms with Crippen LogP contribution in [0, 0.1) is 5.41 Å². The smallest absolute Gasteiger partial charge is 0.327 e. The minimum Gasteiger partial charge on any atom is -0.327 e. The molecule has 0 aromatic heterocycles. The Hall–Kier alpha value is -1.08. The summed E-state index contributed by atoms with van der Waals surface area (Å²) in [6.45, 7) is 5.60. The summed E-state index contributed by atoms with van der Waals surface area (Å²) in [5.41, 5.74) is 4.40. The van der Waals surface area contributed by atoms with E-state index in [2.05, 4.69) is 21.2 Å². The maximum Gasteiger partial charge on any atom is 0.418 e. The van der Waals surface area contributed by atoms with Gasteiger partial charge in [0.05, 0.1) is 11.3 Å². The van der Waals surface area contributed by atoms with E-state index < -0.39 is 23.7 Å². The zero-order valence-electron chi connectivity index (χ0n) is 12.0. The van der Waals surface area contributed by atoms with Gasteiger partial charge in [0.2, 0.25) is 5.91 Å². The van der Waals surface area contributed by atoms with Gasteiger partial charge in [0, 0.05) is 16.9 Å². The van der Waals surface area contributed by atoms with Crippen LogP contribution in [0.4, 0.5) is 18.9 Å². The lowest BCUT2D eigenvalue weighted by atomic mass is 9.85. The first-order chi connectivity index (χ1) is 9.41. The summed E-state index contributed by atoms with van der Waals surface area (Å²) in [7, 11) is 0. The van der Waals surface area contributed by atoms with E-state index in [-0.39, 0.29) is 17.5 Å². The fraction of sp³-hybridized carbons (Fsp3) is 0.500. The Morgan fingerprint density at radius 1 is 1.33 bits per heavy atom. The van der Waals surface area contributed by atoms with Crippen LogP contribution in [0.15, 0.2) is 22.7 Å². The fourth-order valence-electron chi connectivity index (χ4n) is 1.57.